The highest BCUT2D eigenvalue weighted by Gasteiger charge is 2.33. The number of amides is 1. The second-order valence-corrected chi connectivity index (χ2v) is 6.28. The molecule has 1 aromatic rings. The van der Waals surface area contributed by atoms with Crippen molar-refractivity contribution in [3.8, 4) is 0 Å². The minimum atomic E-state index is -0.344. The third-order valence-electron chi connectivity index (χ3n) is 4.69. The number of carbonyl (C=O) groups excluding carboxylic acids is 1. The standard InChI is InChI=1S/C17H23FN2O3/c1-12(22)19-7-5-14(6-8-19)23-15-9-20(10-15)16-4-2-3-13(11-21)17(16)18/h2-4,14-15,21H,5-11H2,1H3. The van der Waals surface area contributed by atoms with Gasteiger partial charge in [0.15, 0.2) is 5.82 Å². The SMILES string of the molecule is CC(=O)N1CCC(OC2CN(c3cccc(CO)c3F)C2)CC1. The lowest BCUT2D eigenvalue weighted by Crippen LogP contribution is -2.54. The molecular formula is C17H23FN2O3. The number of halogens is 1. The first-order chi connectivity index (χ1) is 11.1. The fraction of sp³-hybridized carbons (Fsp3) is 0.588. The highest BCUT2D eigenvalue weighted by molar-refractivity contribution is 5.73. The van der Waals surface area contributed by atoms with E-state index < -0.39 is 0 Å². The van der Waals surface area contributed by atoms with Gasteiger partial charge in [0.25, 0.3) is 0 Å². The predicted octanol–water partition coefficient (Wildman–Crippen LogP) is 1.53. The number of carbonyl (C=O) groups is 1. The lowest BCUT2D eigenvalue weighted by Gasteiger charge is -2.43. The van der Waals surface area contributed by atoms with Crippen LogP contribution >= 0.6 is 0 Å². The van der Waals surface area contributed by atoms with Crippen molar-refractivity contribution in [1.29, 1.82) is 0 Å². The summed E-state index contributed by atoms with van der Waals surface area (Å²) >= 11 is 0. The summed E-state index contributed by atoms with van der Waals surface area (Å²) in [6.07, 6.45) is 2.03. The first-order valence-corrected chi connectivity index (χ1v) is 8.12. The Bertz CT molecular complexity index is 567. The number of rotatable bonds is 4. The van der Waals surface area contributed by atoms with E-state index >= 15 is 0 Å². The summed E-state index contributed by atoms with van der Waals surface area (Å²) in [5.41, 5.74) is 0.853. The maximum Gasteiger partial charge on any atom is 0.219 e. The third kappa shape index (κ3) is 3.48. The lowest BCUT2D eigenvalue weighted by molar-refractivity contribution is -0.132. The zero-order valence-electron chi connectivity index (χ0n) is 13.4. The van der Waals surface area contributed by atoms with Crippen molar-refractivity contribution in [1.82, 2.24) is 4.90 Å². The summed E-state index contributed by atoms with van der Waals surface area (Å²) in [4.78, 5) is 15.1. The Morgan fingerprint density at radius 2 is 2.00 bits per heavy atom. The van der Waals surface area contributed by atoms with Gasteiger partial charge in [-0.05, 0) is 18.9 Å². The topological polar surface area (TPSA) is 53.0 Å². The van der Waals surface area contributed by atoms with E-state index in [9.17, 15) is 9.18 Å². The van der Waals surface area contributed by atoms with Crippen molar-refractivity contribution in [2.24, 2.45) is 0 Å². The number of aliphatic hydroxyl groups is 1. The van der Waals surface area contributed by atoms with Crippen LogP contribution in [0.2, 0.25) is 0 Å². The van der Waals surface area contributed by atoms with Gasteiger partial charge in [0.2, 0.25) is 5.91 Å². The van der Waals surface area contributed by atoms with Crippen molar-refractivity contribution in [2.45, 2.75) is 38.6 Å². The molecule has 0 bridgehead atoms. The maximum absolute atomic E-state index is 14.2. The Kier molecular flexibility index (Phi) is 4.82. The molecule has 126 valence electrons. The van der Waals surface area contributed by atoms with Crippen LogP contribution in [0.5, 0.6) is 0 Å². The zero-order valence-corrected chi connectivity index (χ0v) is 13.4. The zero-order chi connectivity index (χ0) is 16.4. The molecule has 0 atom stereocenters. The van der Waals surface area contributed by atoms with Crippen molar-refractivity contribution >= 4 is 11.6 Å². The van der Waals surface area contributed by atoms with Crippen molar-refractivity contribution in [3.63, 3.8) is 0 Å². The van der Waals surface area contributed by atoms with Gasteiger partial charge in [-0.15, -0.1) is 0 Å². The van der Waals surface area contributed by atoms with Crippen molar-refractivity contribution in [3.05, 3.63) is 29.6 Å². The first-order valence-electron chi connectivity index (χ1n) is 8.12. The fourth-order valence-corrected chi connectivity index (χ4v) is 3.23. The molecule has 3 rings (SSSR count). The van der Waals surface area contributed by atoms with Gasteiger partial charge in [0, 0.05) is 38.7 Å². The van der Waals surface area contributed by atoms with Gasteiger partial charge in [-0.3, -0.25) is 4.79 Å². The summed E-state index contributed by atoms with van der Waals surface area (Å²) in [5.74, 6) is -0.222. The molecule has 0 saturated carbocycles. The average Bonchev–Trinajstić information content (AvgIpc) is 2.52. The van der Waals surface area contributed by atoms with Gasteiger partial charge in [0.1, 0.15) is 0 Å². The number of hydrogen-bond acceptors (Lipinski definition) is 4. The molecule has 0 aromatic heterocycles. The summed E-state index contributed by atoms with van der Waals surface area (Å²) in [5, 5.41) is 9.13. The van der Waals surface area contributed by atoms with Crippen LogP contribution in [0, 0.1) is 5.82 Å². The number of benzene rings is 1. The summed E-state index contributed by atoms with van der Waals surface area (Å²) in [6, 6.07) is 5.08. The second-order valence-electron chi connectivity index (χ2n) is 6.28. The number of aliphatic hydroxyl groups excluding tert-OH is 1. The fourth-order valence-electron chi connectivity index (χ4n) is 3.23. The van der Waals surface area contributed by atoms with Crippen molar-refractivity contribution < 1.29 is 19.0 Å². The number of nitrogens with zero attached hydrogens (tertiary/aromatic N) is 2. The summed E-state index contributed by atoms with van der Waals surface area (Å²) < 4.78 is 20.2. The largest absolute Gasteiger partial charge is 0.392 e. The lowest BCUT2D eigenvalue weighted by atomic mass is 10.0. The molecular weight excluding hydrogens is 299 g/mol. The van der Waals surface area contributed by atoms with E-state index in [-0.39, 0.29) is 30.5 Å². The number of likely N-dealkylation sites (tertiary alicyclic amines) is 1. The van der Waals surface area contributed by atoms with Gasteiger partial charge >= 0.3 is 0 Å². The van der Waals surface area contributed by atoms with E-state index in [1.165, 1.54) is 0 Å². The minimum Gasteiger partial charge on any atom is -0.392 e. The molecule has 1 N–H and O–H groups in total. The molecule has 2 fully saturated rings. The van der Waals surface area contributed by atoms with E-state index in [4.69, 9.17) is 9.84 Å². The molecule has 0 radical (unpaired) electrons. The molecule has 2 aliphatic rings. The van der Waals surface area contributed by atoms with E-state index in [2.05, 4.69) is 0 Å². The maximum atomic E-state index is 14.2. The van der Waals surface area contributed by atoms with Crippen LogP contribution in [0.25, 0.3) is 0 Å². The Morgan fingerprint density at radius 3 is 2.61 bits per heavy atom. The molecule has 0 aliphatic carbocycles. The van der Waals surface area contributed by atoms with Crippen LogP contribution in [0.1, 0.15) is 25.3 Å². The number of hydrogen-bond donors (Lipinski definition) is 1. The van der Waals surface area contributed by atoms with E-state index in [0.29, 0.717) is 24.3 Å². The third-order valence-corrected chi connectivity index (χ3v) is 4.69. The van der Waals surface area contributed by atoms with E-state index in [1.807, 2.05) is 9.80 Å². The second kappa shape index (κ2) is 6.84. The summed E-state index contributed by atoms with van der Waals surface area (Å²) in [6.45, 7) is 4.15. The molecule has 5 nitrogen and oxygen atoms in total. The number of ether oxygens (including phenoxy) is 1. The van der Waals surface area contributed by atoms with Gasteiger partial charge in [-0.1, -0.05) is 12.1 Å². The van der Waals surface area contributed by atoms with Crippen LogP contribution in [-0.4, -0.2) is 54.3 Å². The van der Waals surface area contributed by atoms with Gasteiger partial charge in [-0.25, -0.2) is 4.39 Å². The normalized spacial score (nSPS) is 19.8. The minimum absolute atomic E-state index is 0.112. The molecule has 6 heteroatoms. The smallest absolute Gasteiger partial charge is 0.219 e. The van der Waals surface area contributed by atoms with Crippen LogP contribution in [0.4, 0.5) is 10.1 Å². The first kappa shape index (κ1) is 16.2. The van der Waals surface area contributed by atoms with E-state index in [1.54, 1.807) is 25.1 Å². The number of anilines is 1. The predicted molar refractivity (Wildman–Crippen MR) is 84.7 cm³/mol. The molecule has 1 amide bonds. The van der Waals surface area contributed by atoms with Crippen LogP contribution in [0.15, 0.2) is 18.2 Å². The Morgan fingerprint density at radius 1 is 1.30 bits per heavy atom. The monoisotopic (exact) mass is 322 g/mol. The quantitative estimate of drug-likeness (QED) is 0.913. The summed E-state index contributed by atoms with van der Waals surface area (Å²) in [7, 11) is 0. The highest BCUT2D eigenvalue weighted by Crippen LogP contribution is 2.29. The number of piperidine rings is 1. The average molecular weight is 322 g/mol. The molecule has 23 heavy (non-hydrogen) atoms. The van der Waals surface area contributed by atoms with Crippen LogP contribution in [-0.2, 0) is 16.1 Å². The van der Waals surface area contributed by atoms with Gasteiger partial charge in [-0.2, -0.15) is 0 Å². The Balaban J connectivity index is 1.48. The van der Waals surface area contributed by atoms with Gasteiger partial charge in [0.05, 0.1) is 24.5 Å². The Hall–Kier alpha value is -1.66. The van der Waals surface area contributed by atoms with Crippen molar-refractivity contribution in [2.75, 3.05) is 31.1 Å². The van der Waals surface area contributed by atoms with E-state index in [0.717, 1.165) is 25.9 Å². The molecule has 0 unspecified atom stereocenters. The highest BCUT2D eigenvalue weighted by atomic mass is 19.1. The molecule has 2 heterocycles. The Labute approximate surface area is 135 Å². The molecule has 0 spiro atoms. The van der Waals surface area contributed by atoms with Crippen LogP contribution in [0.3, 0.4) is 0 Å². The molecule has 2 aliphatic heterocycles. The molecule has 2 saturated heterocycles. The van der Waals surface area contributed by atoms with Gasteiger partial charge < -0.3 is 19.6 Å². The molecule has 1 aromatic carbocycles. The van der Waals surface area contributed by atoms with Crippen LogP contribution < -0.4 is 4.90 Å².